The molecule has 0 saturated heterocycles. The van der Waals surface area contributed by atoms with Crippen molar-refractivity contribution in [1.29, 1.82) is 0 Å². The molecule has 0 unspecified atom stereocenters. The summed E-state index contributed by atoms with van der Waals surface area (Å²) in [6, 6.07) is 14.6. The summed E-state index contributed by atoms with van der Waals surface area (Å²) in [6.45, 7) is 1.90. The molecule has 2 aromatic carbocycles. The molecule has 0 aliphatic rings. The zero-order valence-corrected chi connectivity index (χ0v) is 14.8. The molecule has 4 aromatic rings. The van der Waals surface area contributed by atoms with Crippen LogP contribution in [0.25, 0.3) is 10.9 Å². The zero-order chi connectivity index (χ0) is 18.1. The average Bonchev–Trinajstić information content (AvgIpc) is 3.01. The number of rotatable bonds is 4. The molecule has 0 spiro atoms. The zero-order valence-electron chi connectivity index (χ0n) is 14.1. The summed E-state index contributed by atoms with van der Waals surface area (Å²) in [6.07, 6.45) is 2.16. The van der Waals surface area contributed by atoms with E-state index in [1.54, 1.807) is 24.4 Å². The number of aromatic nitrogens is 3. The van der Waals surface area contributed by atoms with Crippen molar-refractivity contribution in [2.75, 3.05) is 5.32 Å². The van der Waals surface area contributed by atoms with Crippen molar-refractivity contribution in [3.05, 3.63) is 82.6 Å². The van der Waals surface area contributed by atoms with Gasteiger partial charge in [-0.25, -0.2) is 14.4 Å². The SMILES string of the molecule is Cc1cc2c(F)c(Nc3ccnc(Cc4ccccc4Cl)n3)ccc2[nH]1. The molecule has 0 radical (unpaired) electrons. The number of aryl methyl sites for hydroxylation is 1. The summed E-state index contributed by atoms with van der Waals surface area (Å²) in [7, 11) is 0. The normalized spacial score (nSPS) is 11.0. The van der Waals surface area contributed by atoms with Crippen molar-refractivity contribution in [1.82, 2.24) is 15.0 Å². The molecule has 4 nitrogen and oxygen atoms in total. The van der Waals surface area contributed by atoms with Crippen LogP contribution in [0.4, 0.5) is 15.9 Å². The van der Waals surface area contributed by atoms with E-state index in [4.69, 9.17) is 11.6 Å². The highest BCUT2D eigenvalue weighted by Crippen LogP contribution is 2.27. The maximum atomic E-state index is 14.7. The first-order valence-electron chi connectivity index (χ1n) is 8.20. The summed E-state index contributed by atoms with van der Waals surface area (Å²) < 4.78 is 14.7. The number of benzene rings is 2. The Hall–Kier alpha value is -2.92. The number of aromatic amines is 1. The van der Waals surface area contributed by atoms with Crippen molar-refractivity contribution in [2.24, 2.45) is 0 Å². The number of fused-ring (bicyclic) bond motifs is 1. The second kappa shape index (κ2) is 6.77. The van der Waals surface area contributed by atoms with E-state index in [2.05, 4.69) is 20.3 Å². The molecule has 26 heavy (non-hydrogen) atoms. The number of halogens is 2. The van der Waals surface area contributed by atoms with Crippen molar-refractivity contribution in [3.63, 3.8) is 0 Å². The maximum absolute atomic E-state index is 14.7. The molecule has 0 fully saturated rings. The van der Waals surface area contributed by atoms with Gasteiger partial charge in [-0.05, 0) is 42.8 Å². The molecule has 6 heteroatoms. The molecule has 0 atom stereocenters. The van der Waals surface area contributed by atoms with Gasteiger partial charge in [-0.15, -0.1) is 0 Å². The predicted molar refractivity (Wildman–Crippen MR) is 103 cm³/mol. The van der Waals surface area contributed by atoms with Gasteiger partial charge in [0.05, 0.1) is 5.69 Å². The number of hydrogen-bond donors (Lipinski definition) is 2. The van der Waals surface area contributed by atoms with Crippen molar-refractivity contribution >= 4 is 34.0 Å². The van der Waals surface area contributed by atoms with Crippen molar-refractivity contribution < 1.29 is 4.39 Å². The molecule has 130 valence electrons. The summed E-state index contributed by atoms with van der Waals surface area (Å²) in [5.74, 6) is 0.841. The van der Waals surface area contributed by atoms with Gasteiger partial charge in [-0.1, -0.05) is 29.8 Å². The molecular formula is C20H16ClFN4. The number of anilines is 2. The van der Waals surface area contributed by atoms with Crippen molar-refractivity contribution in [2.45, 2.75) is 13.3 Å². The summed E-state index contributed by atoms with van der Waals surface area (Å²) in [5.41, 5.74) is 3.01. The van der Waals surface area contributed by atoms with E-state index in [1.807, 2.05) is 37.3 Å². The maximum Gasteiger partial charge on any atom is 0.156 e. The molecule has 0 aliphatic carbocycles. The lowest BCUT2D eigenvalue weighted by Crippen LogP contribution is -2.02. The lowest BCUT2D eigenvalue weighted by molar-refractivity contribution is 0.643. The number of nitrogens with zero attached hydrogens (tertiary/aromatic N) is 2. The van der Waals surface area contributed by atoms with E-state index < -0.39 is 0 Å². The Morgan fingerprint density at radius 3 is 2.85 bits per heavy atom. The Bertz CT molecular complexity index is 1090. The number of H-pyrrole nitrogens is 1. The second-order valence-corrected chi connectivity index (χ2v) is 6.50. The Kier molecular flexibility index (Phi) is 4.31. The first-order valence-corrected chi connectivity index (χ1v) is 8.58. The van der Waals surface area contributed by atoms with E-state index in [1.165, 1.54) is 0 Å². The Morgan fingerprint density at radius 1 is 1.15 bits per heavy atom. The van der Waals surface area contributed by atoms with E-state index in [0.717, 1.165) is 16.8 Å². The van der Waals surface area contributed by atoms with Crippen LogP contribution in [0.5, 0.6) is 0 Å². The highest BCUT2D eigenvalue weighted by atomic mass is 35.5. The molecule has 0 bridgehead atoms. The standard InChI is InChI=1S/C20H16ClFN4/c1-12-10-14-16(24-12)6-7-17(20(14)22)25-18-8-9-23-19(26-18)11-13-4-2-3-5-15(13)21/h2-10,24H,11H2,1H3,(H,23,25,26). The van der Waals surface area contributed by atoms with E-state index in [9.17, 15) is 4.39 Å². The van der Waals surface area contributed by atoms with Gasteiger partial charge in [0.2, 0.25) is 0 Å². The van der Waals surface area contributed by atoms with Gasteiger partial charge in [-0.3, -0.25) is 0 Å². The fourth-order valence-corrected chi connectivity index (χ4v) is 3.11. The van der Waals surface area contributed by atoms with Crippen LogP contribution in [0.3, 0.4) is 0 Å². The van der Waals surface area contributed by atoms with Crippen molar-refractivity contribution in [3.8, 4) is 0 Å². The Labute approximate surface area is 155 Å². The van der Waals surface area contributed by atoms with E-state index in [-0.39, 0.29) is 5.82 Å². The van der Waals surface area contributed by atoms with Crippen LogP contribution in [0.1, 0.15) is 17.1 Å². The van der Waals surface area contributed by atoms with Gasteiger partial charge in [0.25, 0.3) is 0 Å². The fraction of sp³-hybridized carbons (Fsp3) is 0.100. The second-order valence-electron chi connectivity index (χ2n) is 6.09. The lowest BCUT2D eigenvalue weighted by atomic mass is 10.1. The highest BCUT2D eigenvalue weighted by Gasteiger charge is 2.11. The molecule has 2 N–H and O–H groups in total. The monoisotopic (exact) mass is 366 g/mol. The minimum absolute atomic E-state index is 0.307. The van der Waals surface area contributed by atoms with E-state index >= 15 is 0 Å². The smallest absolute Gasteiger partial charge is 0.156 e. The topological polar surface area (TPSA) is 53.6 Å². The molecular weight excluding hydrogens is 351 g/mol. The van der Waals surface area contributed by atoms with Crippen LogP contribution in [-0.2, 0) is 6.42 Å². The fourth-order valence-electron chi connectivity index (χ4n) is 2.91. The quantitative estimate of drug-likeness (QED) is 0.509. The van der Waals surface area contributed by atoms with Gasteiger partial charge < -0.3 is 10.3 Å². The summed E-state index contributed by atoms with van der Waals surface area (Å²) >= 11 is 6.20. The molecule has 0 amide bonds. The first-order chi connectivity index (χ1) is 12.6. The van der Waals surface area contributed by atoms with Crippen LogP contribution in [-0.4, -0.2) is 15.0 Å². The third-order valence-electron chi connectivity index (χ3n) is 4.15. The van der Waals surface area contributed by atoms with Gasteiger partial charge in [0.1, 0.15) is 11.6 Å². The largest absolute Gasteiger partial charge is 0.359 e. The molecule has 2 heterocycles. The number of hydrogen-bond acceptors (Lipinski definition) is 3. The summed E-state index contributed by atoms with van der Waals surface area (Å²) in [5, 5.41) is 4.27. The number of nitrogens with one attached hydrogen (secondary N) is 2. The molecule has 4 rings (SSSR count). The van der Waals surface area contributed by atoms with Crippen LogP contribution in [0.2, 0.25) is 5.02 Å². The minimum atomic E-state index is -0.307. The lowest BCUT2D eigenvalue weighted by Gasteiger charge is -2.09. The van der Waals surface area contributed by atoms with E-state index in [0.29, 0.717) is 34.2 Å². The van der Waals surface area contributed by atoms with Crippen LogP contribution < -0.4 is 5.32 Å². The van der Waals surface area contributed by atoms with Gasteiger partial charge in [0, 0.05) is 34.2 Å². The molecule has 0 saturated carbocycles. The third-order valence-corrected chi connectivity index (χ3v) is 4.52. The Balaban J connectivity index is 1.61. The van der Waals surface area contributed by atoms with Crippen LogP contribution in [0, 0.1) is 12.7 Å². The molecule has 0 aliphatic heterocycles. The average molecular weight is 367 g/mol. The van der Waals surface area contributed by atoms with Crippen LogP contribution >= 0.6 is 11.6 Å². The van der Waals surface area contributed by atoms with Gasteiger partial charge in [-0.2, -0.15) is 0 Å². The predicted octanol–water partition coefficient (Wildman–Crippen LogP) is 5.39. The molecule has 2 aromatic heterocycles. The van der Waals surface area contributed by atoms with Gasteiger partial charge in [0.15, 0.2) is 5.82 Å². The summed E-state index contributed by atoms with van der Waals surface area (Å²) in [4.78, 5) is 11.9. The van der Waals surface area contributed by atoms with Gasteiger partial charge >= 0.3 is 0 Å². The highest BCUT2D eigenvalue weighted by molar-refractivity contribution is 6.31. The van der Waals surface area contributed by atoms with Crippen LogP contribution in [0.15, 0.2) is 54.7 Å². The first kappa shape index (κ1) is 16.5. The minimum Gasteiger partial charge on any atom is -0.359 e. The Morgan fingerprint density at radius 2 is 2.00 bits per heavy atom. The third kappa shape index (κ3) is 3.26.